The van der Waals surface area contributed by atoms with Crippen molar-refractivity contribution >= 4 is 18.9 Å². The SMILES string of the molecule is CN(C)c1ccc(P(C2CCCCC2)C2CCCCC2)cc1. The number of anilines is 1. The molecule has 1 aromatic carbocycles. The van der Waals surface area contributed by atoms with E-state index < -0.39 is 0 Å². The summed E-state index contributed by atoms with van der Waals surface area (Å²) in [5, 5.41) is 1.69. The highest BCUT2D eigenvalue weighted by Crippen LogP contribution is 2.54. The molecule has 0 saturated heterocycles. The summed E-state index contributed by atoms with van der Waals surface area (Å²) >= 11 is 0. The van der Waals surface area contributed by atoms with Crippen molar-refractivity contribution in [1.82, 2.24) is 0 Å². The lowest BCUT2D eigenvalue weighted by Crippen LogP contribution is -2.26. The van der Waals surface area contributed by atoms with E-state index in [-0.39, 0.29) is 7.92 Å². The van der Waals surface area contributed by atoms with Crippen molar-refractivity contribution in [1.29, 1.82) is 0 Å². The van der Waals surface area contributed by atoms with Gasteiger partial charge in [-0.05, 0) is 54.4 Å². The largest absolute Gasteiger partial charge is 0.378 e. The Morgan fingerprint density at radius 1 is 0.727 bits per heavy atom. The molecule has 2 fully saturated rings. The fraction of sp³-hybridized carbons (Fsp3) is 0.700. The van der Waals surface area contributed by atoms with Crippen LogP contribution in [0.15, 0.2) is 24.3 Å². The molecule has 2 aliphatic carbocycles. The monoisotopic (exact) mass is 317 g/mol. The quantitative estimate of drug-likeness (QED) is 0.660. The first-order valence-electron chi connectivity index (χ1n) is 9.31. The summed E-state index contributed by atoms with van der Waals surface area (Å²) < 4.78 is 0. The maximum absolute atomic E-state index is 2.46. The molecule has 1 aromatic rings. The minimum atomic E-state index is 0.0577. The average Bonchev–Trinajstić information content (AvgIpc) is 2.57. The smallest absolute Gasteiger partial charge is 0.0361 e. The number of benzene rings is 1. The van der Waals surface area contributed by atoms with Crippen molar-refractivity contribution in [2.24, 2.45) is 0 Å². The maximum atomic E-state index is 2.46. The summed E-state index contributed by atoms with van der Waals surface area (Å²) in [5.74, 6) is 0. The van der Waals surface area contributed by atoms with Gasteiger partial charge >= 0.3 is 0 Å². The second-order valence-electron chi connectivity index (χ2n) is 7.40. The predicted molar refractivity (Wildman–Crippen MR) is 101 cm³/mol. The minimum absolute atomic E-state index is 0.0577. The Kier molecular flexibility index (Phi) is 5.80. The standard InChI is InChI=1S/C20H32NP/c1-21(2)17-13-15-20(16-14-17)22(18-9-5-3-6-10-18)19-11-7-4-8-12-19/h13-16,18-19H,3-12H2,1-2H3. The van der Waals surface area contributed by atoms with Crippen molar-refractivity contribution in [3.05, 3.63) is 24.3 Å². The molecule has 0 amide bonds. The summed E-state index contributed by atoms with van der Waals surface area (Å²) in [6.07, 6.45) is 14.9. The summed E-state index contributed by atoms with van der Waals surface area (Å²) in [5.41, 5.74) is 3.36. The van der Waals surface area contributed by atoms with Crippen molar-refractivity contribution in [2.45, 2.75) is 75.5 Å². The summed E-state index contributed by atoms with van der Waals surface area (Å²) in [6, 6.07) is 9.61. The Hall–Kier alpha value is -0.550. The molecule has 122 valence electrons. The van der Waals surface area contributed by atoms with Crippen LogP contribution in [-0.4, -0.2) is 25.4 Å². The Labute approximate surface area is 138 Å². The highest BCUT2D eigenvalue weighted by atomic mass is 31.1. The lowest BCUT2D eigenvalue weighted by molar-refractivity contribution is 0.487. The van der Waals surface area contributed by atoms with Gasteiger partial charge in [0.1, 0.15) is 0 Å². The van der Waals surface area contributed by atoms with Crippen LogP contribution in [0.1, 0.15) is 64.2 Å². The van der Waals surface area contributed by atoms with Crippen LogP contribution in [0.25, 0.3) is 0 Å². The Morgan fingerprint density at radius 3 is 1.59 bits per heavy atom. The Balaban J connectivity index is 1.82. The summed E-state index contributed by atoms with van der Waals surface area (Å²) in [7, 11) is 4.34. The highest BCUT2D eigenvalue weighted by molar-refractivity contribution is 7.67. The normalized spacial score (nSPS) is 21.2. The van der Waals surface area contributed by atoms with E-state index >= 15 is 0 Å². The third kappa shape index (κ3) is 3.85. The van der Waals surface area contributed by atoms with Gasteiger partial charge in [0.2, 0.25) is 0 Å². The molecule has 0 bridgehead atoms. The lowest BCUT2D eigenvalue weighted by Gasteiger charge is -2.38. The van der Waals surface area contributed by atoms with E-state index in [0.29, 0.717) is 0 Å². The molecule has 0 atom stereocenters. The third-order valence-corrected chi connectivity index (χ3v) is 9.10. The van der Waals surface area contributed by atoms with Crippen LogP contribution in [0, 0.1) is 0 Å². The van der Waals surface area contributed by atoms with Crippen LogP contribution in [0.4, 0.5) is 5.69 Å². The predicted octanol–water partition coefficient (Wildman–Crippen LogP) is 5.53. The first-order chi connectivity index (χ1) is 10.8. The number of hydrogen-bond acceptors (Lipinski definition) is 1. The number of rotatable bonds is 4. The van der Waals surface area contributed by atoms with Gasteiger partial charge in [0, 0.05) is 19.8 Å². The molecule has 22 heavy (non-hydrogen) atoms. The topological polar surface area (TPSA) is 3.24 Å². The lowest BCUT2D eigenvalue weighted by atomic mass is 9.99. The van der Waals surface area contributed by atoms with Crippen molar-refractivity contribution in [2.75, 3.05) is 19.0 Å². The average molecular weight is 317 g/mol. The van der Waals surface area contributed by atoms with Gasteiger partial charge in [-0.25, -0.2) is 0 Å². The van der Waals surface area contributed by atoms with E-state index in [4.69, 9.17) is 0 Å². The molecule has 0 spiro atoms. The maximum Gasteiger partial charge on any atom is 0.0361 e. The Bertz CT molecular complexity index is 423. The number of nitrogens with zero attached hydrogens (tertiary/aromatic N) is 1. The first-order valence-corrected chi connectivity index (χ1v) is 10.8. The summed E-state index contributed by atoms with van der Waals surface area (Å²) in [4.78, 5) is 2.22. The molecule has 2 heteroatoms. The van der Waals surface area contributed by atoms with Crippen molar-refractivity contribution in [3.63, 3.8) is 0 Å². The molecule has 0 N–H and O–H groups in total. The first kappa shape index (κ1) is 16.3. The zero-order valence-electron chi connectivity index (χ0n) is 14.4. The molecule has 0 aromatic heterocycles. The van der Waals surface area contributed by atoms with Crippen LogP contribution >= 0.6 is 7.92 Å². The molecule has 0 heterocycles. The third-order valence-electron chi connectivity index (χ3n) is 5.60. The Morgan fingerprint density at radius 2 is 1.18 bits per heavy atom. The molecule has 3 rings (SSSR count). The van der Waals surface area contributed by atoms with Gasteiger partial charge in [-0.3, -0.25) is 0 Å². The zero-order chi connectivity index (χ0) is 15.4. The van der Waals surface area contributed by atoms with Crippen LogP contribution in [0.5, 0.6) is 0 Å². The van der Waals surface area contributed by atoms with E-state index in [1.165, 1.54) is 69.9 Å². The second kappa shape index (κ2) is 7.82. The molecule has 2 aliphatic rings. The van der Waals surface area contributed by atoms with Gasteiger partial charge in [0.25, 0.3) is 0 Å². The van der Waals surface area contributed by atoms with E-state index in [0.717, 1.165) is 11.3 Å². The molecule has 0 radical (unpaired) electrons. The molecule has 0 aliphatic heterocycles. The fourth-order valence-electron chi connectivity index (χ4n) is 4.36. The minimum Gasteiger partial charge on any atom is -0.378 e. The van der Waals surface area contributed by atoms with Crippen molar-refractivity contribution < 1.29 is 0 Å². The molecule has 0 unspecified atom stereocenters. The van der Waals surface area contributed by atoms with E-state index in [1.807, 2.05) is 0 Å². The zero-order valence-corrected chi connectivity index (χ0v) is 15.3. The van der Waals surface area contributed by atoms with Gasteiger partial charge in [-0.2, -0.15) is 0 Å². The molecular weight excluding hydrogens is 285 g/mol. The van der Waals surface area contributed by atoms with E-state index in [9.17, 15) is 0 Å². The van der Waals surface area contributed by atoms with Crippen LogP contribution in [-0.2, 0) is 0 Å². The molecule has 2 saturated carbocycles. The van der Waals surface area contributed by atoms with Gasteiger partial charge in [0.05, 0.1) is 0 Å². The van der Waals surface area contributed by atoms with Gasteiger partial charge in [0.15, 0.2) is 0 Å². The van der Waals surface area contributed by atoms with Gasteiger partial charge in [-0.1, -0.05) is 58.6 Å². The highest BCUT2D eigenvalue weighted by Gasteiger charge is 2.32. The number of hydrogen-bond donors (Lipinski definition) is 0. The van der Waals surface area contributed by atoms with Crippen molar-refractivity contribution in [3.8, 4) is 0 Å². The summed E-state index contributed by atoms with van der Waals surface area (Å²) in [6.45, 7) is 0. The van der Waals surface area contributed by atoms with Crippen LogP contribution in [0.3, 0.4) is 0 Å². The van der Waals surface area contributed by atoms with Gasteiger partial charge < -0.3 is 4.90 Å². The fourth-order valence-corrected chi connectivity index (χ4v) is 8.14. The van der Waals surface area contributed by atoms with E-state index in [2.05, 4.69) is 43.3 Å². The van der Waals surface area contributed by atoms with Crippen LogP contribution < -0.4 is 10.2 Å². The molecular formula is C20H32NP. The van der Waals surface area contributed by atoms with E-state index in [1.54, 1.807) is 5.30 Å². The van der Waals surface area contributed by atoms with Crippen LogP contribution in [0.2, 0.25) is 0 Å². The van der Waals surface area contributed by atoms with Gasteiger partial charge in [-0.15, -0.1) is 0 Å². The second-order valence-corrected chi connectivity index (χ2v) is 10.2. The molecule has 1 nitrogen and oxygen atoms in total.